The average Bonchev–Trinajstić information content (AvgIpc) is 2.33. The molecular formula is C15H26N2S. The number of hydrogen-bond acceptors (Lipinski definition) is 3. The first-order valence-corrected chi connectivity index (χ1v) is 7.74. The van der Waals surface area contributed by atoms with Crippen LogP contribution in [0.3, 0.4) is 0 Å². The van der Waals surface area contributed by atoms with E-state index in [1.54, 1.807) is 11.8 Å². The Labute approximate surface area is 116 Å². The van der Waals surface area contributed by atoms with Gasteiger partial charge in [0, 0.05) is 29.6 Å². The van der Waals surface area contributed by atoms with Crippen LogP contribution in [0.1, 0.15) is 33.3 Å². The molecule has 1 atom stereocenters. The molecule has 1 unspecified atom stereocenters. The quantitative estimate of drug-likeness (QED) is 0.773. The highest BCUT2D eigenvalue weighted by Gasteiger charge is 2.10. The van der Waals surface area contributed by atoms with Crippen LogP contribution >= 0.6 is 11.8 Å². The summed E-state index contributed by atoms with van der Waals surface area (Å²) in [6, 6.07) is 9.23. The van der Waals surface area contributed by atoms with Crippen molar-refractivity contribution in [1.29, 1.82) is 0 Å². The Balaban J connectivity index is 2.31. The van der Waals surface area contributed by atoms with Crippen LogP contribution in [0.4, 0.5) is 0 Å². The summed E-state index contributed by atoms with van der Waals surface area (Å²) >= 11 is 1.78. The lowest BCUT2D eigenvalue weighted by molar-refractivity contribution is 0.387. The molecule has 1 aromatic carbocycles. The molecule has 1 rings (SSSR count). The molecule has 0 heterocycles. The summed E-state index contributed by atoms with van der Waals surface area (Å²) in [6.07, 6.45) is 2.10. The van der Waals surface area contributed by atoms with E-state index in [9.17, 15) is 0 Å². The molecular weight excluding hydrogens is 240 g/mol. The van der Waals surface area contributed by atoms with E-state index in [0.717, 1.165) is 13.1 Å². The Hall–Kier alpha value is -0.510. The minimum atomic E-state index is 0.190. The molecule has 0 spiro atoms. The van der Waals surface area contributed by atoms with Crippen LogP contribution in [0.2, 0.25) is 0 Å². The van der Waals surface area contributed by atoms with Gasteiger partial charge in [-0.15, -0.1) is 11.8 Å². The van der Waals surface area contributed by atoms with Crippen molar-refractivity contribution in [1.82, 2.24) is 10.6 Å². The number of rotatable bonds is 6. The highest BCUT2D eigenvalue weighted by Crippen LogP contribution is 2.14. The van der Waals surface area contributed by atoms with Gasteiger partial charge in [-0.05, 0) is 51.6 Å². The summed E-state index contributed by atoms with van der Waals surface area (Å²) in [4.78, 5) is 1.32. The molecule has 0 amide bonds. The third-order valence-corrected chi connectivity index (χ3v) is 3.50. The van der Waals surface area contributed by atoms with Crippen LogP contribution < -0.4 is 10.6 Å². The van der Waals surface area contributed by atoms with Gasteiger partial charge in [0.15, 0.2) is 0 Å². The Morgan fingerprint density at radius 2 is 1.78 bits per heavy atom. The van der Waals surface area contributed by atoms with Crippen LogP contribution in [-0.2, 0) is 6.54 Å². The molecule has 0 fully saturated rings. The number of benzene rings is 1. The standard InChI is InChI=1S/C15H26N2S/c1-12(10-17-15(2,3)4)16-11-13-6-8-14(18-5)9-7-13/h6-9,12,16-17H,10-11H2,1-5H3. The first-order chi connectivity index (χ1) is 8.40. The van der Waals surface area contributed by atoms with Gasteiger partial charge in [0.1, 0.15) is 0 Å². The van der Waals surface area contributed by atoms with Crippen LogP contribution in [0.15, 0.2) is 29.2 Å². The fraction of sp³-hybridized carbons (Fsp3) is 0.600. The molecule has 102 valence electrons. The van der Waals surface area contributed by atoms with E-state index in [4.69, 9.17) is 0 Å². The van der Waals surface area contributed by atoms with Gasteiger partial charge < -0.3 is 10.6 Å². The topological polar surface area (TPSA) is 24.1 Å². The van der Waals surface area contributed by atoms with E-state index in [1.807, 2.05) is 0 Å². The lowest BCUT2D eigenvalue weighted by Crippen LogP contribution is -2.44. The Bertz CT molecular complexity index is 341. The first-order valence-electron chi connectivity index (χ1n) is 6.52. The lowest BCUT2D eigenvalue weighted by atomic mass is 10.1. The molecule has 0 aliphatic rings. The maximum atomic E-state index is 3.54. The van der Waals surface area contributed by atoms with Crippen molar-refractivity contribution in [3.8, 4) is 0 Å². The third-order valence-electron chi connectivity index (χ3n) is 2.75. The van der Waals surface area contributed by atoms with Gasteiger partial charge in [-0.25, -0.2) is 0 Å². The zero-order valence-corrected chi connectivity index (χ0v) is 13.0. The summed E-state index contributed by atoms with van der Waals surface area (Å²) in [6.45, 7) is 10.7. The number of thioether (sulfide) groups is 1. The fourth-order valence-electron chi connectivity index (χ4n) is 1.57. The number of nitrogens with one attached hydrogen (secondary N) is 2. The van der Waals surface area contributed by atoms with Crippen LogP contribution in [0.5, 0.6) is 0 Å². The predicted molar refractivity (Wildman–Crippen MR) is 82.3 cm³/mol. The van der Waals surface area contributed by atoms with Crippen LogP contribution in [0, 0.1) is 0 Å². The summed E-state index contributed by atoms with van der Waals surface area (Å²) in [5.74, 6) is 0. The highest BCUT2D eigenvalue weighted by molar-refractivity contribution is 7.98. The van der Waals surface area contributed by atoms with Gasteiger partial charge in [-0.1, -0.05) is 12.1 Å². The summed E-state index contributed by atoms with van der Waals surface area (Å²) < 4.78 is 0. The van der Waals surface area contributed by atoms with Gasteiger partial charge in [0.2, 0.25) is 0 Å². The zero-order valence-electron chi connectivity index (χ0n) is 12.2. The molecule has 1 aromatic rings. The van der Waals surface area contributed by atoms with E-state index in [1.165, 1.54) is 10.5 Å². The highest BCUT2D eigenvalue weighted by atomic mass is 32.2. The molecule has 0 aliphatic carbocycles. The van der Waals surface area contributed by atoms with E-state index in [-0.39, 0.29) is 5.54 Å². The molecule has 0 aliphatic heterocycles. The second-order valence-corrected chi connectivity index (χ2v) is 6.64. The summed E-state index contributed by atoms with van der Waals surface area (Å²) in [7, 11) is 0. The molecule has 0 aromatic heterocycles. The molecule has 0 bridgehead atoms. The van der Waals surface area contributed by atoms with Gasteiger partial charge in [0.05, 0.1) is 0 Å². The SMILES string of the molecule is CSc1ccc(CNC(C)CNC(C)(C)C)cc1. The van der Waals surface area contributed by atoms with Crippen molar-refractivity contribution in [2.45, 2.75) is 50.7 Å². The Morgan fingerprint density at radius 3 is 2.28 bits per heavy atom. The molecule has 0 saturated heterocycles. The molecule has 0 saturated carbocycles. The normalized spacial score (nSPS) is 13.6. The minimum Gasteiger partial charge on any atom is -0.311 e. The van der Waals surface area contributed by atoms with Crippen molar-refractivity contribution in [3.63, 3.8) is 0 Å². The predicted octanol–water partition coefficient (Wildman–Crippen LogP) is 3.27. The Kier molecular flexibility index (Phi) is 6.19. The maximum absolute atomic E-state index is 3.54. The van der Waals surface area contributed by atoms with E-state index in [2.05, 4.69) is 68.8 Å². The van der Waals surface area contributed by atoms with Crippen LogP contribution in [0.25, 0.3) is 0 Å². The average molecular weight is 266 g/mol. The largest absolute Gasteiger partial charge is 0.311 e. The smallest absolute Gasteiger partial charge is 0.0208 e. The van der Waals surface area contributed by atoms with Crippen molar-refractivity contribution in [2.24, 2.45) is 0 Å². The minimum absolute atomic E-state index is 0.190. The fourth-order valence-corrected chi connectivity index (χ4v) is 1.98. The Morgan fingerprint density at radius 1 is 1.17 bits per heavy atom. The molecule has 3 heteroatoms. The van der Waals surface area contributed by atoms with E-state index >= 15 is 0 Å². The second kappa shape index (κ2) is 7.17. The number of hydrogen-bond donors (Lipinski definition) is 2. The third kappa shape index (κ3) is 6.43. The molecule has 0 radical (unpaired) electrons. The first kappa shape index (κ1) is 15.5. The van der Waals surface area contributed by atoms with E-state index < -0.39 is 0 Å². The lowest BCUT2D eigenvalue weighted by Gasteiger charge is -2.24. The summed E-state index contributed by atoms with van der Waals surface area (Å²) in [5, 5.41) is 7.05. The van der Waals surface area contributed by atoms with Gasteiger partial charge in [-0.2, -0.15) is 0 Å². The molecule has 2 nitrogen and oxygen atoms in total. The maximum Gasteiger partial charge on any atom is 0.0208 e. The molecule has 2 N–H and O–H groups in total. The van der Waals surface area contributed by atoms with Gasteiger partial charge in [0.25, 0.3) is 0 Å². The second-order valence-electron chi connectivity index (χ2n) is 5.76. The van der Waals surface area contributed by atoms with Crippen molar-refractivity contribution in [3.05, 3.63) is 29.8 Å². The van der Waals surface area contributed by atoms with Crippen molar-refractivity contribution >= 4 is 11.8 Å². The summed E-state index contributed by atoms with van der Waals surface area (Å²) in [5.41, 5.74) is 1.53. The van der Waals surface area contributed by atoms with Gasteiger partial charge in [-0.3, -0.25) is 0 Å². The molecule has 18 heavy (non-hydrogen) atoms. The van der Waals surface area contributed by atoms with E-state index in [0.29, 0.717) is 6.04 Å². The van der Waals surface area contributed by atoms with Crippen molar-refractivity contribution in [2.75, 3.05) is 12.8 Å². The van der Waals surface area contributed by atoms with Gasteiger partial charge >= 0.3 is 0 Å². The monoisotopic (exact) mass is 266 g/mol. The van der Waals surface area contributed by atoms with Crippen LogP contribution in [-0.4, -0.2) is 24.4 Å². The van der Waals surface area contributed by atoms with Crippen molar-refractivity contribution < 1.29 is 0 Å². The zero-order chi connectivity index (χ0) is 13.6.